The van der Waals surface area contributed by atoms with Gasteiger partial charge in [-0.15, -0.1) is 0 Å². The Morgan fingerprint density at radius 3 is 2.68 bits per heavy atom. The zero-order valence-electron chi connectivity index (χ0n) is 12.2. The molecule has 0 unspecified atom stereocenters. The summed E-state index contributed by atoms with van der Waals surface area (Å²) in [6, 6.07) is 7.96. The van der Waals surface area contributed by atoms with Gasteiger partial charge in [-0.05, 0) is 31.9 Å². The van der Waals surface area contributed by atoms with Crippen LogP contribution in [0.1, 0.15) is 37.9 Å². The number of carbonyl (C=O) groups excluding carboxylic acids is 1. The number of carbonyl (C=O) groups is 1. The lowest BCUT2D eigenvalue weighted by Crippen LogP contribution is -2.42. The van der Waals surface area contributed by atoms with Gasteiger partial charge in [-0.3, -0.25) is 4.79 Å². The smallest absolute Gasteiger partial charge is 0.226 e. The van der Waals surface area contributed by atoms with E-state index >= 15 is 0 Å². The highest BCUT2D eigenvalue weighted by molar-refractivity contribution is 5.81. The Balaban J connectivity index is 2.64. The van der Waals surface area contributed by atoms with Crippen LogP contribution in [0.4, 0.5) is 0 Å². The molecule has 0 saturated heterocycles. The lowest BCUT2D eigenvalue weighted by molar-refractivity contribution is -0.128. The summed E-state index contributed by atoms with van der Waals surface area (Å²) in [5, 5.41) is 15.2. The van der Waals surface area contributed by atoms with Crippen molar-refractivity contribution in [2.75, 3.05) is 13.6 Å². The van der Waals surface area contributed by atoms with Gasteiger partial charge in [-0.25, -0.2) is 0 Å². The zero-order valence-corrected chi connectivity index (χ0v) is 12.2. The summed E-state index contributed by atoms with van der Waals surface area (Å²) in [7, 11) is 1.65. The Kier molecular flexibility index (Phi) is 5.51. The topological polar surface area (TPSA) is 61.4 Å². The van der Waals surface area contributed by atoms with Gasteiger partial charge in [-0.1, -0.05) is 24.3 Å². The van der Waals surface area contributed by atoms with Crippen LogP contribution in [0.3, 0.4) is 0 Å². The van der Waals surface area contributed by atoms with Gasteiger partial charge in [0.1, 0.15) is 0 Å². The van der Waals surface area contributed by atoms with Gasteiger partial charge in [0.25, 0.3) is 0 Å². The molecule has 19 heavy (non-hydrogen) atoms. The fourth-order valence-corrected chi connectivity index (χ4v) is 1.91. The Hall–Kier alpha value is -1.39. The predicted molar refractivity (Wildman–Crippen MR) is 76.6 cm³/mol. The van der Waals surface area contributed by atoms with E-state index in [0.29, 0.717) is 6.54 Å². The van der Waals surface area contributed by atoms with Crippen molar-refractivity contribution in [1.29, 1.82) is 0 Å². The summed E-state index contributed by atoms with van der Waals surface area (Å²) >= 11 is 0. The van der Waals surface area contributed by atoms with E-state index in [4.69, 9.17) is 5.11 Å². The number of aliphatic hydroxyl groups is 1. The number of benzene rings is 1. The molecule has 4 nitrogen and oxygen atoms in total. The van der Waals surface area contributed by atoms with Crippen molar-refractivity contribution in [3.63, 3.8) is 0 Å². The van der Waals surface area contributed by atoms with Crippen LogP contribution in [-0.2, 0) is 11.4 Å². The van der Waals surface area contributed by atoms with Crippen LogP contribution in [0.2, 0.25) is 0 Å². The van der Waals surface area contributed by atoms with Crippen molar-refractivity contribution in [2.24, 2.45) is 5.41 Å². The third kappa shape index (κ3) is 4.33. The second-order valence-corrected chi connectivity index (χ2v) is 5.47. The number of nitrogens with one attached hydrogen (secondary N) is 2. The van der Waals surface area contributed by atoms with Crippen LogP contribution in [-0.4, -0.2) is 24.6 Å². The molecule has 1 atom stereocenters. The number of hydrogen-bond acceptors (Lipinski definition) is 3. The van der Waals surface area contributed by atoms with E-state index in [1.807, 2.05) is 38.1 Å². The Labute approximate surface area is 115 Å². The predicted octanol–water partition coefficient (Wildman–Crippen LogP) is 1.60. The summed E-state index contributed by atoms with van der Waals surface area (Å²) in [6.45, 7) is 6.52. The largest absolute Gasteiger partial charge is 0.392 e. The van der Waals surface area contributed by atoms with Crippen LogP contribution < -0.4 is 10.6 Å². The third-order valence-electron chi connectivity index (χ3n) is 3.33. The number of aliphatic hydroxyl groups excluding tert-OH is 1. The highest BCUT2D eigenvalue weighted by Gasteiger charge is 2.26. The lowest BCUT2D eigenvalue weighted by atomic mass is 9.91. The molecule has 1 aromatic rings. The van der Waals surface area contributed by atoms with Gasteiger partial charge < -0.3 is 15.7 Å². The van der Waals surface area contributed by atoms with E-state index in [1.54, 1.807) is 7.05 Å². The summed E-state index contributed by atoms with van der Waals surface area (Å²) in [4.78, 5) is 11.7. The van der Waals surface area contributed by atoms with E-state index in [2.05, 4.69) is 17.6 Å². The van der Waals surface area contributed by atoms with E-state index in [1.165, 1.54) is 0 Å². The van der Waals surface area contributed by atoms with E-state index in [0.717, 1.165) is 11.1 Å². The molecule has 0 saturated carbocycles. The van der Waals surface area contributed by atoms with Crippen LogP contribution in [0, 0.1) is 5.41 Å². The molecule has 0 radical (unpaired) electrons. The fourth-order valence-electron chi connectivity index (χ4n) is 1.91. The minimum atomic E-state index is -0.447. The van der Waals surface area contributed by atoms with Gasteiger partial charge in [0.05, 0.1) is 12.0 Å². The standard InChI is InChI=1S/C15H24N2O2/c1-11(13-7-5-6-12(8-13)9-18)17-10-15(2,3)14(19)16-4/h5-8,11,17-18H,9-10H2,1-4H3,(H,16,19)/t11-/m0/s1. The average Bonchev–Trinajstić information content (AvgIpc) is 2.43. The summed E-state index contributed by atoms with van der Waals surface area (Å²) in [5.74, 6) is 0.0244. The second kappa shape index (κ2) is 6.68. The number of rotatable bonds is 6. The maximum atomic E-state index is 11.7. The van der Waals surface area contributed by atoms with Gasteiger partial charge >= 0.3 is 0 Å². The maximum Gasteiger partial charge on any atom is 0.226 e. The Bertz CT molecular complexity index is 430. The molecule has 1 aromatic carbocycles. The second-order valence-electron chi connectivity index (χ2n) is 5.47. The molecule has 0 aliphatic heterocycles. The van der Waals surface area contributed by atoms with Crippen molar-refractivity contribution in [2.45, 2.75) is 33.4 Å². The summed E-state index contributed by atoms with van der Waals surface area (Å²) < 4.78 is 0. The van der Waals surface area contributed by atoms with Crippen LogP contribution in [0.25, 0.3) is 0 Å². The van der Waals surface area contributed by atoms with Crippen molar-refractivity contribution in [3.05, 3.63) is 35.4 Å². The first-order valence-corrected chi connectivity index (χ1v) is 6.56. The SMILES string of the molecule is CNC(=O)C(C)(C)CN[C@@H](C)c1cccc(CO)c1. The van der Waals surface area contributed by atoms with Gasteiger partial charge in [0, 0.05) is 19.6 Å². The highest BCUT2D eigenvalue weighted by Crippen LogP contribution is 2.18. The fraction of sp³-hybridized carbons (Fsp3) is 0.533. The molecule has 0 aliphatic carbocycles. The average molecular weight is 264 g/mol. The van der Waals surface area contributed by atoms with Crippen LogP contribution in [0.5, 0.6) is 0 Å². The molecule has 3 N–H and O–H groups in total. The Morgan fingerprint density at radius 2 is 2.11 bits per heavy atom. The summed E-state index contributed by atoms with van der Waals surface area (Å²) in [5.41, 5.74) is 1.56. The molecule has 0 fully saturated rings. The molecule has 0 aromatic heterocycles. The molecule has 106 valence electrons. The molecule has 0 spiro atoms. The molecule has 1 amide bonds. The van der Waals surface area contributed by atoms with Crippen LogP contribution in [0.15, 0.2) is 24.3 Å². The lowest BCUT2D eigenvalue weighted by Gasteiger charge is -2.25. The van der Waals surface area contributed by atoms with Crippen LogP contribution >= 0.6 is 0 Å². The van der Waals surface area contributed by atoms with Gasteiger partial charge in [0.2, 0.25) is 5.91 Å². The molecular weight excluding hydrogens is 240 g/mol. The first kappa shape index (κ1) is 15.7. The van der Waals surface area contributed by atoms with Crippen molar-refractivity contribution in [1.82, 2.24) is 10.6 Å². The van der Waals surface area contributed by atoms with Crippen molar-refractivity contribution in [3.8, 4) is 0 Å². The van der Waals surface area contributed by atoms with E-state index in [9.17, 15) is 4.79 Å². The van der Waals surface area contributed by atoms with E-state index < -0.39 is 5.41 Å². The molecular formula is C15H24N2O2. The van der Waals surface area contributed by atoms with Gasteiger partial charge in [0.15, 0.2) is 0 Å². The van der Waals surface area contributed by atoms with Crippen molar-refractivity contribution >= 4 is 5.91 Å². The monoisotopic (exact) mass is 264 g/mol. The van der Waals surface area contributed by atoms with Crippen molar-refractivity contribution < 1.29 is 9.90 Å². The van der Waals surface area contributed by atoms with E-state index in [-0.39, 0.29) is 18.6 Å². The zero-order chi connectivity index (χ0) is 14.5. The quantitative estimate of drug-likeness (QED) is 0.731. The molecule has 1 rings (SSSR count). The molecule has 0 heterocycles. The molecule has 4 heteroatoms. The Morgan fingerprint density at radius 1 is 1.42 bits per heavy atom. The number of hydrogen-bond donors (Lipinski definition) is 3. The molecule has 0 bridgehead atoms. The minimum absolute atomic E-state index is 0.0244. The number of amides is 1. The minimum Gasteiger partial charge on any atom is -0.392 e. The first-order chi connectivity index (χ1) is 8.90. The normalized spacial score (nSPS) is 13.1. The molecule has 0 aliphatic rings. The maximum absolute atomic E-state index is 11.7. The highest BCUT2D eigenvalue weighted by atomic mass is 16.3. The summed E-state index contributed by atoms with van der Waals surface area (Å²) in [6.07, 6.45) is 0. The van der Waals surface area contributed by atoms with Gasteiger partial charge in [-0.2, -0.15) is 0 Å². The first-order valence-electron chi connectivity index (χ1n) is 6.56. The third-order valence-corrected chi connectivity index (χ3v) is 3.33.